The van der Waals surface area contributed by atoms with E-state index in [9.17, 15) is 0 Å². The van der Waals surface area contributed by atoms with Gasteiger partial charge in [-0.15, -0.1) is 0 Å². The number of benzene rings is 1. The van der Waals surface area contributed by atoms with Crippen LogP contribution in [0.5, 0.6) is 0 Å². The number of nitrogens with zero attached hydrogens (tertiary/aromatic N) is 4. The van der Waals surface area contributed by atoms with Crippen LogP contribution >= 0.6 is 11.8 Å². The van der Waals surface area contributed by atoms with E-state index in [-0.39, 0.29) is 0 Å². The van der Waals surface area contributed by atoms with Crippen LogP contribution in [0.2, 0.25) is 0 Å². The van der Waals surface area contributed by atoms with Crippen molar-refractivity contribution in [3.05, 3.63) is 30.9 Å². The molecule has 0 radical (unpaired) electrons. The summed E-state index contributed by atoms with van der Waals surface area (Å²) in [7, 11) is 0. The summed E-state index contributed by atoms with van der Waals surface area (Å²) in [6.45, 7) is 0. The number of nitrogen functional groups attached to an aromatic ring is 1. The molecule has 0 atom stereocenters. The van der Waals surface area contributed by atoms with Gasteiger partial charge in [0.05, 0.1) is 12.0 Å². The lowest BCUT2D eigenvalue weighted by Crippen LogP contribution is -1.86. The first-order valence-corrected chi connectivity index (χ1v) is 6.60. The van der Waals surface area contributed by atoms with Gasteiger partial charge in [0.2, 0.25) is 0 Å². The standard InChI is InChI=1S/C12H8N6OS/c13-6-2-1-3-7-8(6)18-12(19-7)20-11-9-10(15-4-14-9)16-5-17-11/h1-5H,13H2,(H,14,15,16,17). The van der Waals surface area contributed by atoms with Crippen molar-refractivity contribution in [1.29, 1.82) is 0 Å². The van der Waals surface area contributed by atoms with Gasteiger partial charge in [-0.2, -0.15) is 0 Å². The lowest BCUT2D eigenvalue weighted by atomic mass is 10.3. The first kappa shape index (κ1) is 11.2. The summed E-state index contributed by atoms with van der Waals surface area (Å²) >= 11 is 1.30. The topological polar surface area (TPSA) is 107 Å². The van der Waals surface area contributed by atoms with E-state index in [0.717, 1.165) is 5.52 Å². The average molecular weight is 284 g/mol. The highest BCUT2D eigenvalue weighted by molar-refractivity contribution is 7.99. The molecule has 0 aliphatic rings. The van der Waals surface area contributed by atoms with Crippen LogP contribution in [-0.2, 0) is 0 Å². The molecule has 0 unspecified atom stereocenters. The molecule has 4 rings (SSSR count). The normalized spacial score (nSPS) is 11.4. The molecule has 7 nitrogen and oxygen atoms in total. The predicted octanol–water partition coefficient (Wildman–Crippen LogP) is 2.23. The molecule has 3 aromatic heterocycles. The number of fused-ring (bicyclic) bond motifs is 2. The van der Waals surface area contributed by atoms with Crippen LogP contribution in [0.3, 0.4) is 0 Å². The smallest absolute Gasteiger partial charge is 0.263 e. The minimum Gasteiger partial charge on any atom is -0.431 e. The number of rotatable bonds is 2. The zero-order valence-corrected chi connectivity index (χ0v) is 10.9. The third-order valence-corrected chi connectivity index (χ3v) is 3.65. The molecule has 3 N–H and O–H groups in total. The molecule has 4 aromatic rings. The number of hydrogen-bond donors (Lipinski definition) is 2. The lowest BCUT2D eigenvalue weighted by molar-refractivity contribution is 0.489. The number of oxazole rings is 1. The number of nitrogens with one attached hydrogen (secondary N) is 1. The molecule has 1 aromatic carbocycles. The van der Waals surface area contributed by atoms with E-state index in [4.69, 9.17) is 10.2 Å². The molecule has 20 heavy (non-hydrogen) atoms. The molecule has 0 amide bonds. The molecule has 0 aliphatic carbocycles. The van der Waals surface area contributed by atoms with Gasteiger partial charge in [-0.25, -0.2) is 19.9 Å². The Bertz CT molecular complexity index is 915. The number of para-hydroxylation sites is 1. The summed E-state index contributed by atoms with van der Waals surface area (Å²) in [5.74, 6) is 0. The summed E-state index contributed by atoms with van der Waals surface area (Å²) in [4.78, 5) is 19.7. The number of imidazole rings is 1. The fraction of sp³-hybridized carbons (Fsp3) is 0. The molecule has 98 valence electrons. The molecule has 0 spiro atoms. The molecule has 0 bridgehead atoms. The molecule has 0 aliphatic heterocycles. The maximum absolute atomic E-state index is 5.86. The van der Waals surface area contributed by atoms with E-state index < -0.39 is 0 Å². The van der Waals surface area contributed by atoms with Crippen molar-refractivity contribution in [3.63, 3.8) is 0 Å². The van der Waals surface area contributed by atoms with E-state index >= 15 is 0 Å². The van der Waals surface area contributed by atoms with E-state index in [1.165, 1.54) is 18.1 Å². The van der Waals surface area contributed by atoms with Crippen molar-refractivity contribution in [3.8, 4) is 0 Å². The summed E-state index contributed by atoms with van der Waals surface area (Å²) in [6.07, 6.45) is 3.04. The van der Waals surface area contributed by atoms with Gasteiger partial charge in [0.25, 0.3) is 5.22 Å². The SMILES string of the molecule is Nc1cccc2oc(Sc3ncnc4nc[nH]c34)nc12. The summed E-state index contributed by atoms with van der Waals surface area (Å²) in [6, 6.07) is 5.45. The molecule has 3 heterocycles. The molecular weight excluding hydrogens is 276 g/mol. The number of H-pyrrole nitrogens is 1. The minimum atomic E-state index is 0.479. The van der Waals surface area contributed by atoms with Gasteiger partial charge >= 0.3 is 0 Å². The van der Waals surface area contributed by atoms with Crippen molar-refractivity contribution < 1.29 is 4.42 Å². The van der Waals surface area contributed by atoms with Crippen molar-refractivity contribution in [2.45, 2.75) is 10.2 Å². The second-order valence-electron chi connectivity index (χ2n) is 4.06. The Morgan fingerprint density at radius 3 is 3.05 bits per heavy atom. The van der Waals surface area contributed by atoms with Gasteiger partial charge in [0, 0.05) is 0 Å². The maximum atomic E-state index is 5.86. The van der Waals surface area contributed by atoms with Crippen LogP contribution in [0, 0.1) is 0 Å². The van der Waals surface area contributed by atoms with Gasteiger partial charge in [-0.05, 0) is 23.9 Å². The van der Waals surface area contributed by atoms with Crippen molar-refractivity contribution in [2.75, 3.05) is 5.73 Å². The molecule has 8 heteroatoms. The number of anilines is 1. The van der Waals surface area contributed by atoms with E-state index in [2.05, 4.69) is 24.9 Å². The average Bonchev–Trinajstić information content (AvgIpc) is 3.06. The Kier molecular flexibility index (Phi) is 2.36. The fourth-order valence-corrected chi connectivity index (χ4v) is 2.68. The molecule has 0 saturated heterocycles. The number of hydrogen-bond acceptors (Lipinski definition) is 7. The van der Waals surface area contributed by atoms with Crippen LogP contribution in [0.4, 0.5) is 5.69 Å². The van der Waals surface area contributed by atoms with Crippen LogP contribution in [0.1, 0.15) is 0 Å². The highest BCUT2D eigenvalue weighted by atomic mass is 32.2. The third-order valence-electron chi connectivity index (χ3n) is 2.80. The second-order valence-corrected chi connectivity index (χ2v) is 5.00. The maximum Gasteiger partial charge on any atom is 0.263 e. The highest BCUT2D eigenvalue weighted by Crippen LogP contribution is 2.32. The van der Waals surface area contributed by atoms with Gasteiger partial charge in [0.15, 0.2) is 11.2 Å². The van der Waals surface area contributed by atoms with Crippen LogP contribution in [0.25, 0.3) is 22.3 Å². The van der Waals surface area contributed by atoms with Crippen LogP contribution < -0.4 is 5.73 Å². The number of aromatic nitrogens is 5. The van der Waals surface area contributed by atoms with E-state index in [1.807, 2.05) is 12.1 Å². The Labute approximate surface area is 116 Å². The largest absolute Gasteiger partial charge is 0.431 e. The van der Waals surface area contributed by atoms with Crippen molar-refractivity contribution in [1.82, 2.24) is 24.9 Å². The molecule has 0 fully saturated rings. The Balaban J connectivity index is 1.81. The summed E-state index contributed by atoms with van der Waals surface area (Å²) in [5, 5.41) is 1.19. The molecular formula is C12H8N6OS. The zero-order chi connectivity index (χ0) is 13.5. The Morgan fingerprint density at radius 2 is 2.15 bits per heavy atom. The summed E-state index contributed by atoms with van der Waals surface area (Å²) in [5.41, 5.74) is 9.13. The van der Waals surface area contributed by atoms with Crippen LogP contribution in [-0.4, -0.2) is 24.9 Å². The first-order chi connectivity index (χ1) is 9.81. The lowest BCUT2D eigenvalue weighted by Gasteiger charge is -1.96. The minimum absolute atomic E-state index is 0.479. The van der Waals surface area contributed by atoms with Gasteiger partial charge in [-0.3, -0.25) is 0 Å². The van der Waals surface area contributed by atoms with Gasteiger partial charge in [0.1, 0.15) is 22.4 Å². The Morgan fingerprint density at radius 1 is 1.20 bits per heavy atom. The van der Waals surface area contributed by atoms with Crippen LogP contribution in [0.15, 0.2) is 45.5 Å². The fourth-order valence-electron chi connectivity index (χ4n) is 1.90. The van der Waals surface area contributed by atoms with E-state index in [0.29, 0.717) is 32.7 Å². The second kappa shape index (κ2) is 4.20. The number of aromatic amines is 1. The zero-order valence-electron chi connectivity index (χ0n) is 10.1. The monoisotopic (exact) mass is 284 g/mol. The number of nitrogens with two attached hydrogens (primary N) is 1. The van der Waals surface area contributed by atoms with Gasteiger partial charge < -0.3 is 15.1 Å². The molecule has 0 saturated carbocycles. The Hall–Kier alpha value is -2.61. The third kappa shape index (κ3) is 1.69. The van der Waals surface area contributed by atoms with Gasteiger partial charge in [-0.1, -0.05) is 6.07 Å². The quantitative estimate of drug-likeness (QED) is 0.429. The predicted molar refractivity (Wildman–Crippen MR) is 74.2 cm³/mol. The highest BCUT2D eigenvalue weighted by Gasteiger charge is 2.13. The summed E-state index contributed by atoms with van der Waals surface area (Å²) < 4.78 is 5.66. The van der Waals surface area contributed by atoms with Crippen molar-refractivity contribution >= 4 is 39.7 Å². The van der Waals surface area contributed by atoms with E-state index in [1.54, 1.807) is 12.4 Å². The first-order valence-electron chi connectivity index (χ1n) is 5.78. The van der Waals surface area contributed by atoms with Crippen molar-refractivity contribution in [2.24, 2.45) is 0 Å².